The molecule has 1 rings (SSSR count). The maximum Gasteiger partial charge on any atom is 0.225 e. The normalized spacial score (nSPS) is 17.9. The predicted octanol–water partition coefficient (Wildman–Crippen LogP) is 2.51. The van der Waals surface area contributed by atoms with Gasteiger partial charge in [0, 0.05) is 24.9 Å². The number of carbonyl (C=O) groups excluding carboxylic acids is 1. The van der Waals surface area contributed by atoms with E-state index in [-0.39, 0.29) is 5.92 Å². The predicted molar refractivity (Wildman–Crippen MR) is 59.5 cm³/mol. The van der Waals surface area contributed by atoms with E-state index in [1.165, 1.54) is 12.8 Å². The molecule has 0 aliphatic heterocycles. The standard InChI is InChI=1S/C11H20ClNO/c1-3-7-13(8-6-12)11(14)9(2)10-4-5-10/h9-10H,3-8H2,1-2H3. The van der Waals surface area contributed by atoms with Crippen molar-refractivity contribution < 1.29 is 4.79 Å². The SMILES string of the molecule is CCCN(CCCl)C(=O)C(C)C1CC1. The van der Waals surface area contributed by atoms with E-state index in [2.05, 4.69) is 13.8 Å². The largest absolute Gasteiger partial charge is 0.341 e. The number of nitrogens with zero attached hydrogens (tertiary/aromatic N) is 1. The highest BCUT2D eigenvalue weighted by atomic mass is 35.5. The lowest BCUT2D eigenvalue weighted by molar-refractivity contribution is -0.135. The Balaban J connectivity index is 2.43. The van der Waals surface area contributed by atoms with Gasteiger partial charge in [0.15, 0.2) is 0 Å². The summed E-state index contributed by atoms with van der Waals surface area (Å²) in [5, 5.41) is 0. The van der Waals surface area contributed by atoms with Gasteiger partial charge in [-0.15, -0.1) is 11.6 Å². The Morgan fingerprint density at radius 1 is 1.50 bits per heavy atom. The molecule has 1 saturated carbocycles. The van der Waals surface area contributed by atoms with E-state index < -0.39 is 0 Å². The molecule has 0 heterocycles. The van der Waals surface area contributed by atoms with E-state index in [0.29, 0.717) is 24.2 Å². The van der Waals surface area contributed by atoms with Crippen molar-refractivity contribution in [2.24, 2.45) is 11.8 Å². The highest BCUT2D eigenvalue weighted by Gasteiger charge is 2.34. The van der Waals surface area contributed by atoms with E-state index in [4.69, 9.17) is 11.6 Å². The van der Waals surface area contributed by atoms with Gasteiger partial charge in [-0.3, -0.25) is 4.79 Å². The fraction of sp³-hybridized carbons (Fsp3) is 0.909. The minimum absolute atomic E-state index is 0.213. The van der Waals surface area contributed by atoms with Crippen LogP contribution in [0, 0.1) is 11.8 Å². The minimum atomic E-state index is 0.213. The van der Waals surface area contributed by atoms with Crippen LogP contribution in [0.5, 0.6) is 0 Å². The van der Waals surface area contributed by atoms with Crippen LogP contribution in [0.25, 0.3) is 0 Å². The fourth-order valence-electron chi connectivity index (χ4n) is 1.79. The molecule has 0 radical (unpaired) electrons. The lowest BCUT2D eigenvalue weighted by Gasteiger charge is -2.24. The average Bonchev–Trinajstić information content (AvgIpc) is 2.98. The van der Waals surface area contributed by atoms with Gasteiger partial charge in [0.05, 0.1) is 0 Å². The fourth-order valence-corrected chi connectivity index (χ4v) is 1.99. The van der Waals surface area contributed by atoms with E-state index in [1.54, 1.807) is 0 Å². The molecule has 14 heavy (non-hydrogen) atoms. The number of amides is 1. The molecule has 0 N–H and O–H groups in total. The van der Waals surface area contributed by atoms with Crippen LogP contribution in [0.4, 0.5) is 0 Å². The molecule has 1 aliphatic rings. The van der Waals surface area contributed by atoms with Gasteiger partial charge in [-0.25, -0.2) is 0 Å². The molecule has 1 fully saturated rings. The summed E-state index contributed by atoms with van der Waals surface area (Å²) >= 11 is 5.68. The third-order valence-corrected chi connectivity index (χ3v) is 3.05. The molecule has 1 atom stereocenters. The van der Waals surface area contributed by atoms with Crippen LogP contribution in [0.1, 0.15) is 33.1 Å². The first-order valence-corrected chi connectivity index (χ1v) is 6.08. The van der Waals surface area contributed by atoms with Crippen LogP contribution < -0.4 is 0 Å². The van der Waals surface area contributed by atoms with E-state index in [9.17, 15) is 4.79 Å². The Hall–Kier alpha value is -0.240. The van der Waals surface area contributed by atoms with Crippen molar-refractivity contribution in [3.8, 4) is 0 Å². The second-order valence-corrected chi connectivity index (χ2v) is 4.52. The Kier molecular flexibility index (Phi) is 4.73. The summed E-state index contributed by atoms with van der Waals surface area (Å²) in [6.45, 7) is 5.70. The summed E-state index contributed by atoms with van der Waals surface area (Å²) in [7, 11) is 0. The van der Waals surface area contributed by atoms with Crippen LogP contribution in [0.2, 0.25) is 0 Å². The molecule has 1 aliphatic carbocycles. The van der Waals surface area contributed by atoms with E-state index >= 15 is 0 Å². The molecule has 3 heteroatoms. The molecule has 1 unspecified atom stereocenters. The van der Waals surface area contributed by atoms with Crippen molar-refractivity contribution in [2.45, 2.75) is 33.1 Å². The number of rotatable bonds is 6. The van der Waals surface area contributed by atoms with Crippen molar-refractivity contribution in [3.05, 3.63) is 0 Å². The van der Waals surface area contributed by atoms with E-state index in [1.807, 2.05) is 4.90 Å². The van der Waals surface area contributed by atoms with Gasteiger partial charge in [0.25, 0.3) is 0 Å². The maximum atomic E-state index is 12.0. The van der Waals surface area contributed by atoms with Crippen molar-refractivity contribution in [2.75, 3.05) is 19.0 Å². The number of halogens is 1. The van der Waals surface area contributed by atoms with Crippen molar-refractivity contribution in [3.63, 3.8) is 0 Å². The zero-order valence-corrected chi connectivity index (χ0v) is 9.89. The molecular formula is C11H20ClNO. The van der Waals surface area contributed by atoms with Crippen molar-refractivity contribution >= 4 is 17.5 Å². The number of hydrogen-bond acceptors (Lipinski definition) is 1. The third-order valence-electron chi connectivity index (χ3n) is 2.88. The van der Waals surface area contributed by atoms with Gasteiger partial charge >= 0.3 is 0 Å². The first-order chi connectivity index (χ1) is 6.70. The smallest absolute Gasteiger partial charge is 0.225 e. The highest BCUT2D eigenvalue weighted by molar-refractivity contribution is 6.18. The Morgan fingerprint density at radius 3 is 2.57 bits per heavy atom. The van der Waals surface area contributed by atoms with Crippen LogP contribution >= 0.6 is 11.6 Å². The van der Waals surface area contributed by atoms with Crippen LogP contribution in [-0.2, 0) is 4.79 Å². The number of hydrogen-bond donors (Lipinski definition) is 0. The van der Waals surface area contributed by atoms with Crippen molar-refractivity contribution in [1.82, 2.24) is 4.90 Å². The highest BCUT2D eigenvalue weighted by Crippen LogP contribution is 2.37. The van der Waals surface area contributed by atoms with Gasteiger partial charge in [-0.05, 0) is 25.2 Å². The molecule has 82 valence electrons. The third kappa shape index (κ3) is 3.16. The van der Waals surface area contributed by atoms with E-state index in [0.717, 1.165) is 13.0 Å². The van der Waals surface area contributed by atoms with Gasteiger partial charge in [-0.2, -0.15) is 0 Å². The Labute approximate surface area is 91.6 Å². The van der Waals surface area contributed by atoms with Crippen LogP contribution in [-0.4, -0.2) is 29.8 Å². The number of alkyl halides is 1. The van der Waals surface area contributed by atoms with Gasteiger partial charge in [-0.1, -0.05) is 13.8 Å². The number of carbonyl (C=O) groups is 1. The molecule has 0 saturated heterocycles. The van der Waals surface area contributed by atoms with Gasteiger partial charge < -0.3 is 4.90 Å². The quantitative estimate of drug-likeness (QED) is 0.627. The molecule has 1 amide bonds. The summed E-state index contributed by atoms with van der Waals surface area (Å²) < 4.78 is 0. The summed E-state index contributed by atoms with van der Waals surface area (Å²) in [5.41, 5.74) is 0. The zero-order chi connectivity index (χ0) is 10.6. The minimum Gasteiger partial charge on any atom is -0.341 e. The first-order valence-electron chi connectivity index (χ1n) is 5.55. The molecule has 0 aromatic carbocycles. The lowest BCUT2D eigenvalue weighted by atomic mass is 10.0. The topological polar surface area (TPSA) is 20.3 Å². The summed E-state index contributed by atoms with van der Waals surface area (Å²) in [4.78, 5) is 13.9. The molecule has 0 bridgehead atoms. The van der Waals surface area contributed by atoms with Crippen LogP contribution in [0.15, 0.2) is 0 Å². The molecular weight excluding hydrogens is 198 g/mol. The first kappa shape index (κ1) is 11.8. The monoisotopic (exact) mass is 217 g/mol. The summed E-state index contributed by atoms with van der Waals surface area (Å²) in [6.07, 6.45) is 3.47. The van der Waals surface area contributed by atoms with Crippen molar-refractivity contribution in [1.29, 1.82) is 0 Å². The maximum absolute atomic E-state index is 12.0. The second-order valence-electron chi connectivity index (χ2n) is 4.14. The average molecular weight is 218 g/mol. The molecule has 0 spiro atoms. The molecule has 0 aromatic rings. The second kappa shape index (κ2) is 5.59. The van der Waals surface area contributed by atoms with Crippen LogP contribution in [0.3, 0.4) is 0 Å². The zero-order valence-electron chi connectivity index (χ0n) is 9.13. The van der Waals surface area contributed by atoms with Gasteiger partial charge in [0.2, 0.25) is 5.91 Å². The van der Waals surface area contributed by atoms with Gasteiger partial charge in [0.1, 0.15) is 0 Å². The Bertz CT molecular complexity index is 186. The molecule has 0 aromatic heterocycles. The Morgan fingerprint density at radius 2 is 2.14 bits per heavy atom. The molecule has 2 nitrogen and oxygen atoms in total. The lowest BCUT2D eigenvalue weighted by Crippen LogP contribution is -2.37. The summed E-state index contributed by atoms with van der Waals surface area (Å²) in [6, 6.07) is 0. The summed E-state index contributed by atoms with van der Waals surface area (Å²) in [5.74, 6) is 1.71.